The number of nitro groups is 1. The highest BCUT2D eigenvalue weighted by Crippen LogP contribution is 2.39. The standard InChI is InChI=1S/C26H33N3O7/c1-17(30)36-21-13-8-18(23(29(32)33)24(21)34-7)14-27-28-22(31)15-35-20-11-9-19(10-12-20)26(5,6)16-25(2,3)4/h8-14H,15-16H2,1-7H3,(H,28,31)/b27-14-. The Bertz CT molecular complexity index is 1130. The van der Waals surface area contributed by atoms with Crippen LogP contribution in [0.1, 0.15) is 59.1 Å². The van der Waals surface area contributed by atoms with Gasteiger partial charge in [0.1, 0.15) is 5.75 Å². The first-order valence-electron chi connectivity index (χ1n) is 11.3. The fraction of sp³-hybridized carbons (Fsp3) is 0.423. The second-order valence-electron chi connectivity index (χ2n) is 10.1. The van der Waals surface area contributed by atoms with Crippen molar-refractivity contribution in [3.05, 3.63) is 57.6 Å². The Kier molecular flexibility index (Phi) is 9.16. The van der Waals surface area contributed by atoms with E-state index >= 15 is 0 Å². The van der Waals surface area contributed by atoms with E-state index < -0.39 is 22.5 Å². The molecule has 1 N–H and O–H groups in total. The molecule has 1 amide bonds. The molecule has 36 heavy (non-hydrogen) atoms. The maximum atomic E-state index is 12.1. The number of esters is 1. The summed E-state index contributed by atoms with van der Waals surface area (Å²) in [6.45, 7) is 11.9. The fourth-order valence-corrected chi connectivity index (χ4v) is 4.08. The van der Waals surface area contributed by atoms with E-state index in [0.29, 0.717) is 5.75 Å². The van der Waals surface area contributed by atoms with Crippen LogP contribution < -0.4 is 19.6 Å². The summed E-state index contributed by atoms with van der Waals surface area (Å²) in [4.78, 5) is 34.3. The highest BCUT2D eigenvalue weighted by molar-refractivity contribution is 5.90. The molecule has 0 bridgehead atoms. The number of hydrazone groups is 1. The second-order valence-corrected chi connectivity index (χ2v) is 10.1. The molecule has 0 aliphatic rings. The quantitative estimate of drug-likeness (QED) is 0.164. The average molecular weight is 500 g/mol. The molecule has 0 heterocycles. The van der Waals surface area contributed by atoms with Crippen LogP contribution >= 0.6 is 0 Å². The number of carbonyl (C=O) groups is 2. The normalized spacial score (nSPS) is 11.8. The van der Waals surface area contributed by atoms with E-state index in [1.54, 1.807) is 0 Å². The van der Waals surface area contributed by atoms with E-state index in [4.69, 9.17) is 14.2 Å². The molecule has 0 spiro atoms. The second kappa shape index (κ2) is 11.7. The molecular weight excluding hydrogens is 466 g/mol. The molecule has 0 saturated heterocycles. The molecule has 0 unspecified atom stereocenters. The minimum absolute atomic E-state index is 0.00937. The van der Waals surface area contributed by atoms with Crippen molar-refractivity contribution < 1.29 is 28.7 Å². The van der Waals surface area contributed by atoms with Gasteiger partial charge in [-0.25, -0.2) is 5.43 Å². The van der Waals surface area contributed by atoms with Gasteiger partial charge in [-0.2, -0.15) is 5.10 Å². The minimum Gasteiger partial charge on any atom is -0.488 e. The van der Waals surface area contributed by atoms with Crippen molar-refractivity contribution >= 4 is 23.8 Å². The van der Waals surface area contributed by atoms with Crippen LogP contribution in [-0.2, 0) is 15.0 Å². The number of rotatable bonds is 10. The number of hydrogen-bond donors (Lipinski definition) is 1. The predicted molar refractivity (Wildman–Crippen MR) is 136 cm³/mol. The lowest BCUT2D eigenvalue weighted by molar-refractivity contribution is -0.385. The molecular formula is C26H33N3O7. The van der Waals surface area contributed by atoms with Crippen molar-refractivity contribution in [2.24, 2.45) is 10.5 Å². The molecule has 0 radical (unpaired) electrons. The van der Waals surface area contributed by atoms with Crippen LogP contribution in [0, 0.1) is 15.5 Å². The van der Waals surface area contributed by atoms with E-state index in [0.717, 1.165) is 12.6 Å². The van der Waals surface area contributed by atoms with Gasteiger partial charge in [-0.1, -0.05) is 46.8 Å². The van der Waals surface area contributed by atoms with Crippen molar-refractivity contribution in [3.63, 3.8) is 0 Å². The number of ether oxygens (including phenoxy) is 3. The molecule has 194 valence electrons. The Balaban J connectivity index is 2.02. The van der Waals surface area contributed by atoms with E-state index in [-0.39, 0.29) is 34.5 Å². The number of nitrogens with zero attached hydrogens (tertiary/aromatic N) is 2. The third kappa shape index (κ3) is 8.07. The molecule has 0 aliphatic carbocycles. The summed E-state index contributed by atoms with van der Waals surface area (Å²) in [5, 5.41) is 15.3. The SMILES string of the molecule is COc1c(OC(C)=O)ccc(/C=N\NC(=O)COc2ccc(C(C)(C)CC(C)(C)C)cc2)c1[N+](=O)[O-]. The first-order valence-corrected chi connectivity index (χ1v) is 11.3. The zero-order valence-electron chi connectivity index (χ0n) is 21.7. The lowest BCUT2D eigenvalue weighted by atomic mass is 9.72. The van der Waals surface area contributed by atoms with Crippen LogP contribution in [0.15, 0.2) is 41.5 Å². The van der Waals surface area contributed by atoms with Crippen molar-refractivity contribution in [2.75, 3.05) is 13.7 Å². The third-order valence-electron chi connectivity index (χ3n) is 5.14. The highest BCUT2D eigenvalue weighted by Gasteiger charge is 2.27. The number of nitro benzene ring substituents is 1. The van der Waals surface area contributed by atoms with Gasteiger partial charge in [0.25, 0.3) is 5.91 Å². The number of benzene rings is 2. The summed E-state index contributed by atoms with van der Waals surface area (Å²) in [6, 6.07) is 10.3. The van der Waals surface area contributed by atoms with Crippen molar-refractivity contribution in [2.45, 2.75) is 53.4 Å². The minimum atomic E-state index is -0.690. The third-order valence-corrected chi connectivity index (χ3v) is 5.14. The number of nitrogens with one attached hydrogen (secondary N) is 1. The molecule has 0 aliphatic heterocycles. The van der Waals surface area contributed by atoms with E-state index in [2.05, 4.69) is 45.1 Å². The number of hydrogen-bond acceptors (Lipinski definition) is 8. The topological polar surface area (TPSA) is 129 Å². The van der Waals surface area contributed by atoms with Crippen LogP contribution in [0.5, 0.6) is 17.2 Å². The number of amides is 1. The lowest BCUT2D eigenvalue weighted by Gasteiger charge is -2.33. The van der Waals surface area contributed by atoms with Crippen molar-refractivity contribution in [3.8, 4) is 17.2 Å². The molecule has 0 saturated carbocycles. The number of methoxy groups -OCH3 is 1. The predicted octanol–water partition coefficient (Wildman–Crippen LogP) is 4.77. The van der Waals surface area contributed by atoms with Crippen LogP contribution in [0.4, 0.5) is 5.69 Å². The van der Waals surface area contributed by atoms with Gasteiger partial charge in [-0.3, -0.25) is 19.7 Å². The lowest BCUT2D eigenvalue weighted by Crippen LogP contribution is -2.25. The zero-order chi connectivity index (χ0) is 27.1. The molecule has 10 heteroatoms. The van der Waals surface area contributed by atoms with Crippen molar-refractivity contribution in [1.82, 2.24) is 5.43 Å². The monoisotopic (exact) mass is 499 g/mol. The molecule has 2 aromatic carbocycles. The Morgan fingerprint density at radius 3 is 2.25 bits per heavy atom. The molecule has 2 rings (SSSR count). The highest BCUT2D eigenvalue weighted by atomic mass is 16.6. The fourth-order valence-electron chi connectivity index (χ4n) is 4.08. The summed E-state index contributed by atoms with van der Waals surface area (Å²) >= 11 is 0. The van der Waals surface area contributed by atoms with Gasteiger partial charge in [0.15, 0.2) is 12.4 Å². The molecule has 10 nitrogen and oxygen atoms in total. The molecule has 2 aromatic rings. The van der Waals surface area contributed by atoms with Gasteiger partial charge in [0.05, 0.1) is 23.8 Å². The largest absolute Gasteiger partial charge is 0.488 e. The number of carbonyl (C=O) groups excluding carboxylic acids is 2. The summed E-state index contributed by atoms with van der Waals surface area (Å²) < 4.78 is 15.5. The van der Waals surface area contributed by atoms with Crippen LogP contribution in [-0.4, -0.2) is 36.7 Å². The van der Waals surface area contributed by atoms with E-state index in [1.165, 1.54) is 31.7 Å². The Hall–Kier alpha value is -3.95. The maximum Gasteiger partial charge on any atom is 0.323 e. The van der Waals surface area contributed by atoms with E-state index in [9.17, 15) is 19.7 Å². The van der Waals surface area contributed by atoms with Crippen LogP contribution in [0.2, 0.25) is 0 Å². The zero-order valence-corrected chi connectivity index (χ0v) is 21.7. The smallest absolute Gasteiger partial charge is 0.323 e. The Morgan fingerprint density at radius 2 is 1.72 bits per heavy atom. The van der Waals surface area contributed by atoms with Crippen molar-refractivity contribution in [1.29, 1.82) is 0 Å². The summed E-state index contributed by atoms with van der Waals surface area (Å²) in [7, 11) is 1.22. The maximum absolute atomic E-state index is 12.1. The Labute approximate surface area is 210 Å². The van der Waals surface area contributed by atoms with Gasteiger partial charge in [-0.15, -0.1) is 0 Å². The molecule has 0 fully saturated rings. The van der Waals surface area contributed by atoms with Gasteiger partial charge in [0.2, 0.25) is 5.75 Å². The van der Waals surface area contributed by atoms with Gasteiger partial charge in [-0.05, 0) is 47.1 Å². The summed E-state index contributed by atoms with van der Waals surface area (Å²) in [5.74, 6) is -0.998. The Morgan fingerprint density at radius 1 is 1.08 bits per heavy atom. The first-order chi connectivity index (χ1) is 16.7. The van der Waals surface area contributed by atoms with Gasteiger partial charge < -0.3 is 14.2 Å². The average Bonchev–Trinajstić information content (AvgIpc) is 2.76. The summed E-state index contributed by atoms with van der Waals surface area (Å²) in [5.41, 5.74) is 3.21. The van der Waals surface area contributed by atoms with Crippen LogP contribution in [0.3, 0.4) is 0 Å². The molecule has 0 atom stereocenters. The van der Waals surface area contributed by atoms with Crippen LogP contribution in [0.25, 0.3) is 0 Å². The van der Waals surface area contributed by atoms with E-state index in [1.807, 2.05) is 24.3 Å². The first kappa shape index (κ1) is 28.3. The van der Waals surface area contributed by atoms with Gasteiger partial charge >= 0.3 is 11.7 Å². The summed E-state index contributed by atoms with van der Waals surface area (Å²) in [6.07, 6.45) is 2.11. The van der Waals surface area contributed by atoms with Gasteiger partial charge in [0, 0.05) is 6.92 Å². The molecule has 0 aromatic heterocycles.